The van der Waals surface area contributed by atoms with Crippen LogP contribution in [0.1, 0.15) is 25.8 Å². The van der Waals surface area contributed by atoms with Crippen molar-refractivity contribution in [2.24, 2.45) is 5.92 Å². The van der Waals surface area contributed by atoms with Gasteiger partial charge in [0.1, 0.15) is 11.7 Å². The molecule has 18 heavy (non-hydrogen) atoms. The Balaban J connectivity index is 2.49. The number of benzene rings is 1. The molecular weight excluding hydrogens is 228 g/mol. The fraction of sp³-hybridized carbons (Fsp3) is 0.429. The summed E-state index contributed by atoms with van der Waals surface area (Å²) in [5.41, 5.74) is 0.986. The lowest BCUT2D eigenvalue weighted by molar-refractivity contribution is -0.123. The first-order chi connectivity index (χ1) is 8.71. The highest BCUT2D eigenvalue weighted by molar-refractivity contribution is 5.80. The van der Waals surface area contributed by atoms with Crippen molar-refractivity contribution in [3.63, 3.8) is 0 Å². The van der Waals surface area contributed by atoms with Crippen LogP contribution in [-0.2, 0) is 11.3 Å². The standard InChI is InChI=1S/C14H18N2O2/c1-3-12(9-15)14(17)16-10-11-5-7-13(8-6-11)18-4-2/h5-8,12H,3-4,10H2,1-2H3,(H,16,17). The topological polar surface area (TPSA) is 62.1 Å². The molecule has 1 atom stereocenters. The highest BCUT2D eigenvalue weighted by atomic mass is 16.5. The molecule has 1 N–H and O–H groups in total. The molecule has 96 valence electrons. The molecule has 1 amide bonds. The van der Waals surface area contributed by atoms with Crippen LogP contribution in [-0.4, -0.2) is 12.5 Å². The van der Waals surface area contributed by atoms with Crippen LogP contribution in [0.25, 0.3) is 0 Å². The van der Waals surface area contributed by atoms with Crippen molar-refractivity contribution in [3.05, 3.63) is 29.8 Å². The van der Waals surface area contributed by atoms with Gasteiger partial charge in [-0.2, -0.15) is 5.26 Å². The molecule has 1 rings (SSSR count). The predicted octanol–water partition coefficient (Wildman–Crippen LogP) is 2.25. The average Bonchev–Trinajstić information content (AvgIpc) is 2.40. The molecule has 0 fully saturated rings. The first-order valence-electron chi connectivity index (χ1n) is 6.10. The normalized spacial score (nSPS) is 11.4. The van der Waals surface area contributed by atoms with E-state index in [9.17, 15) is 4.79 Å². The summed E-state index contributed by atoms with van der Waals surface area (Å²) in [5, 5.41) is 11.5. The Bertz CT molecular complexity index is 420. The maximum absolute atomic E-state index is 11.6. The summed E-state index contributed by atoms with van der Waals surface area (Å²) >= 11 is 0. The summed E-state index contributed by atoms with van der Waals surface area (Å²) in [4.78, 5) is 11.6. The lowest BCUT2D eigenvalue weighted by Crippen LogP contribution is -2.29. The van der Waals surface area contributed by atoms with Gasteiger partial charge < -0.3 is 10.1 Å². The largest absolute Gasteiger partial charge is 0.494 e. The number of ether oxygens (including phenoxy) is 1. The highest BCUT2D eigenvalue weighted by Gasteiger charge is 2.14. The van der Waals surface area contributed by atoms with E-state index in [1.807, 2.05) is 44.2 Å². The van der Waals surface area contributed by atoms with Crippen LogP contribution >= 0.6 is 0 Å². The van der Waals surface area contributed by atoms with Crippen LogP contribution in [0.5, 0.6) is 5.75 Å². The van der Waals surface area contributed by atoms with Gasteiger partial charge in [-0.3, -0.25) is 4.79 Å². The van der Waals surface area contributed by atoms with Gasteiger partial charge in [-0.1, -0.05) is 19.1 Å². The van der Waals surface area contributed by atoms with Gasteiger partial charge in [-0.25, -0.2) is 0 Å². The number of hydrogen-bond acceptors (Lipinski definition) is 3. The maximum atomic E-state index is 11.6. The van der Waals surface area contributed by atoms with Crippen LogP contribution in [0.2, 0.25) is 0 Å². The van der Waals surface area contributed by atoms with E-state index in [1.165, 1.54) is 0 Å². The van der Waals surface area contributed by atoms with E-state index in [2.05, 4.69) is 5.32 Å². The maximum Gasteiger partial charge on any atom is 0.237 e. The molecule has 0 saturated carbocycles. The Hall–Kier alpha value is -2.02. The summed E-state index contributed by atoms with van der Waals surface area (Å²) in [6.45, 7) is 4.82. The van der Waals surface area contributed by atoms with Crippen molar-refractivity contribution in [1.82, 2.24) is 5.32 Å². The third-order valence-corrected chi connectivity index (χ3v) is 2.58. The Morgan fingerprint density at radius 1 is 1.39 bits per heavy atom. The monoisotopic (exact) mass is 246 g/mol. The fourth-order valence-electron chi connectivity index (χ4n) is 1.52. The van der Waals surface area contributed by atoms with Gasteiger partial charge in [0.15, 0.2) is 0 Å². The SMILES string of the molecule is CCOc1ccc(CNC(=O)C(C#N)CC)cc1. The number of hydrogen-bond donors (Lipinski definition) is 1. The van der Waals surface area contributed by atoms with Gasteiger partial charge in [0, 0.05) is 6.54 Å². The first kappa shape index (κ1) is 14.0. The third-order valence-electron chi connectivity index (χ3n) is 2.58. The zero-order chi connectivity index (χ0) is 13.4. The van der Waals surface area contributed by atoms with Gasteiger partial charge in [0.2, 0.25) is 5.91 Å². The van der Waals surface area contributed by atoms with Gasteiger partial charge in [0.05, 0.1) is 12.7 Å². The van der Waals surface area contributed by atoms with Crippen LogP contribution in [0.3, 0.4) is 0 Å². The summed E-state index contributed by atoms with van der Waals surface area (Å²) in [7, 11) is 0. The van der Waals surface area contributed by atoms with E-state index in [4.69, 9.17) is 10.00 Å². The van der Waals surface area contributed by atoms with Gasteiger partial charge in [-0.15, -0.1) is 0 Å². The minimum atomic E-state index is -0.562. The molecule has 1 aromatic carbocycles. The van der Waals surface area contributed by atoms with Crippen molar-refractivity contribution < 1.29 is 9.53 Å². The van der Waals surface area contributed by atoms with Crippen molar-refractivity contribution in [3.8, 4) is 11.8 Å². The molecule has 0 aromatic heterocycles. The van der Waals surface area contributed by atoms with E-state index in [0.29, 0.717) is 19.6 Å². The van der Waals surface area contributed by atoms with Gasteiger partial charge in [0.25, 0.3) is 0 Å². The second kappa shape index (κ2) is 7.33. The smallest absolute Gasteiger partial charge is 0.237 e. The molecule has 0 radical (unpaired) electrons. The van der Waals surface area contributed by atoms with Crippen LogP contribution in [0.15, 0.2) is 24.3 Å². The second-order valence-electron chi connectivity index (χ2n) is 3.88. The Morgan fingerprint density at radius 2 is 2.06 bits per heavy atom. The average molecular weight is 246 g/mol. The number of nitriles is 1. The molecule has 0 heterocycles. The quantitative estimate of drug-likeness (QED) is 0.837. The lowest BCUT2D eigenvalue weighted by Gasteiger charge is -2.09. The number of carbonyl (C=O) groups excluding carboxylic acids is 1. The Kier molecular flexibility index (Phi) is 5.72. The highest BCUT2D eigenvalue weighted by Crippen LogP contribution is 2.12. The molecule has 0 saturated heterocycles. The molecule has 0 bridgehead atoms. The lowest BCUT2D eigenvalue weighted by atomic mass is 10.1. The van der Waals surface area contributed by atoms with Crippen LogP contribution < -0.4 is 10.1 Å². The van der Waals surface area contributed by atoms with Crippen molar-refractivity contribution in [1.29, 1.82) is 5.26 Å². The summed E-state index contributed by atoms with van der Waals surface area (Å²) < 4.78 is 5.33. The molecule has 4 heteroatoms. The van der Waals surface area contributed by atoms with E-state index in [-0.39, 0.29) is 5.91 Å². The van der Waals surface area contributed by atoms with Gasteiger partial charge in [-0.05, 0) is 31.0 Å². The summed E-state index contributed by atoms with van der Waals surface area (Å²) in [5.74, 6) is 0.0395. The van der Waals surface area contributed by atoms with E-state index in [0.717, 1.165) is 11.3 Å². The molecule has 0 aliphatic heterocycles. The molecule has 0 aliphatic rings. The van der Waals surface area contributed by atoms with E-state index < -0.39 is 5.92 Å². The van der Waals surface area contributed by atoms with Crippen molar-refractivity contribution in [2.45, 2.75) is 26.8 Å². The number of amides is 1. The van der Waals surface area contributed by atoms with E-state index >= 15 is 0 Å². The minimum Gasteiger partial charge on any atom is -0.494 e. The predicted molar refractivity (Wildman–Crippen MR) is 68.9 cm³/mol. The second-order valence-corrected chi connectivity index (χ2v) is 3.88. The first-order valence-corrected chi connectivity index (χ1v) is 6.10. The molecular formula is C14H18N2O2. The Morgan fingerprint density at radius 3 is 2.56 bits per heavy atom. The molecule has 0 aliphatic carbocycles. The van der Waals surface area contributed by atoms with Gasteiger partial charge >= 0.3 is 0 Å². The number of nitrogens with zero attached hydrogens (tertiary/aromatic N) is 1. The summed E-state index contributed by atoms with van der Waals surface area (Å²) in [6, 6.07) is 9.52. The zero-order valence-electron chi connectivity index (χ0n) is 10.8. The van der Waals surface area contributed by atoms with Crippen molar-refractivity contribution in [2.75, 3.05) is 6.61 Å². The fourth-order valence-corrected chi connectivity index (χ4v) is 1.52. The molecule has 4 nitrogen and oxygen atoms in total. The summed E-state index contributed by atoms with van der Waals surface area (Å²) in [6.07, 6.45) is 0.533. The number of rotatable bonds is 6. The van der Waals surface area contributed by atoms with Crippen molar-refractivity contribution >= 4 is 5.91 Å². The zero-order valence-corrected chi connectivity index (χ0v) is 10.8. The molecule has 0 spiro atoms. The number of carbonyl (C=O) groups is 1. The minimum absolute atomic E-state index is 0.214. The molecule has 1 aromatic rings. The van der Waals surface area contributed by atoms with Crippen LogP contribution in [0.4, 0.5) is 0 Å². The Labute approximate surface area is 108 Å². The molecule has 1 unspecified atom stereocenters. The third kappa shape index (κ3) is 4.10. The van der Waals surface area contributed by atoms with Crippen LogP contribution in [0, 0.1) is 17.2 Å². The van der Waals surface area contributed by atoms with E-state index in [1.54, 1.807) is 0 Å². The number of nitrogens with one attached hydrogen (secondary N) is 1.